The number of phenols is 1. The Morgan fingerprint density at radius 3 is 2.62 bits per heavy atom. The quantitative estimate of drug-likeness (QED) is 0.448. The van der Waals surface area contributed by atoms with Crippen LogP contribution in [0.1, 0.15) is 16.8 Å². The molecular formula is C15H16N2O4. The van der Waals surface area contributed by atoms with Gasteiger partial charge in [0.15, 0.2) is 0 Å². The highest BCUT2D eigenvalue weighted by Crippen LogP contribution is 2.32. The fourth-order valence-electron chi connectivity index (χ4n) is 2.04. The Morgan fingerprint density at radius 1 is 1.29 bits per heavy atom. The molecule has 2 rings (SSSR count). The van der Waals surface area contributed by atoms with Gasteiger partial charge in [0.2, 0.25) is 0 Å². The number of anilines is 1. The van der Waals surface area contributed by atoms with Crippen molar-refractivity contribution in [1.82, 2.24) is 5.32 Å². The first kappa shape index (κ1) is 14.6. The van der Waals surface area contributed by atoms with Crippen LogP contribution >= 0.6 is 0 Å². The molecule has 0 atom stereocenters. The minimum Gasteiger partial charge on any atom is -0.506 e. The smallest absolute Gasteiger partial charge is 0.307 e. The molecule has 0 fully saturated rings. The molecule has 0 radical (unpaired) electrons. The van der Waals surface area contributed by atoms with Gasteiger partial charge in [0, 0.05) is 23.0 Å². The summed E-state index contributed by atoms with van der Waals surface area (Å²) in [6.07, 6.45) is 0.0616. The monoisotopic (exact) mass is 288 g/mol. The number of carbonyl (C=O) groups excluding carboxylic acids is 2. The summed E-state index contributed by atoms with van der Waals surface area (Å²) in [5.41, 5.74) is 6.38. The summed E-state index contributed by atoms with van der Waals surface area (Å²) in [7, 11) is 1.28. The van der Waals surface area contributed by atoms with Gasteiger partial charge < -0.3 is 20.9 Å². The molecular weight excluding hydrogens is 272 g/mol. The van der Waals surface area contributed by atoms with E-state index in [-0.39, 0.29) is 24.3 Å². The zero-order valence-electron chi connectivity index (χ0n) is 11.6. The number of carbonyl (C=O) groups is 2. The molecule has 21 heavy (non-hydrogen) atoms. The largest absolute Gasteiger partial charge is 0.506 e. The van der Waals surface area contributed by atoms with Gasteiger partial charge in [-0.2, -0.15) is 0 Å². The molecule has 0 bridgehead atoms. The van der Waals surface area contributed by atoms with Crippen LogP contribution in [0.15, 0.2) is 30.3 Å². The van der Waals surface area contributed by atoms with Gasteiger partial charge in [-0.25, -0.2) is 0 Å². The van der Waals surface area contributed by atoms with Crippen molar-refractivity contribution in [2.75, 3.05) is 19.4 Å². The lowest BCUT2D eigenvalue weighted by molar-refractivity contribution is -0.140. The van der Waals surface area contributed by atoms with Crippen LogP contribution in [0.4, 0.5) is 5.69 Å². The second-order valence-corrected chi connectivity index (χ2v) is 4.49. The number of esters is 1. The van der Waals surface area contributed by atoms with Crippen LogP contribution < -0.4 is 11.1 Å². The van der Waals surface area contributed by atoms with Gasteiger partial charge in [0.25, 0.3) is 5.91 Å². The average Bonchev–Trinajstić information content (AvgIpc) is 2.50. The third-order valence-corrected chi connectivity index (χ3v) is 3.14. The van der Waals surface area contributed by atoms with Crippen molar-refractivity contribution in [1.29, 1.82) is 0 Å². The van der Waals surface area contributed by atoms with Gasteiger partial charge in [-0.05, 0) is 6.07 Å². The van der Waals surface area contributed by atoms with Crippen LogP contribution in [0, 0.1) is 0 Å². The fourth-order valence-corrected chi connectivity index (χ4v) is 2.04. The highest BCUT2D eigenvalue weighted by Gasteiger charge is 2.16. The molecule has 0 unspecified atom stereocenters. The van der Waals surface area contributed by atoms with Crippen LogP contribution in [0.3, 0.4) is 0 Å². The maximum absolute atomic E-state index is 12.1. The van der Waals surface area contributed by atoms with Crippen LogP contribution in [0.2, 0.25) is 0 Å². The number of ether oxygens (including phenoxy) is 1. The predicted molar refractivity (Wildman–Crippen MR) is 79.0 cm³/mol. The molecule has 0 spiro atoms. The Labute approximate surface area is 121 Å². The number of rotatable bonds is 4. The molecule has 1 amide bonds. The lowest BCUT2D eigenvalue weighted by atomic mass is 10.0. The van der Waals surface area contributed by atoms with E-state index < -0.39 is 11.9 Å². The number of nitrogen functional groups attached to an aromatic ring is 1. The summed E-state index contributed by atoms with van der Waals surface area (Å²) in [4.78, 5) is 23.0. The van der Waals surface area contributed by atoms with Gasteiger partial charge in [-0.15, -0.1) is 0 Å². The van der Waals surface area contributed by atoms with E-state index in [0.717, 1.165) is 0 Å². The topological polar surface area (TPSA) is 102 Å². The number of fused-ring (bicyclic) bond motifs is 1. The maximum atomic E-state index is 12.1. The second-order valence-electron chi connectivity index (χ2n) is 4.49. The van der Waals surface area contributed by atoms with Crippen LogP contribution in [0.5, 0.6) is 5.75 Å². The van der Waals surface area contributed by atoms with Crippen LogP contribution in [0.25, 0.3) is 10.8 Å². The molecule has 4 N–H and O–H groups in total. The van der Waals surface area contributed by atoms with E-state index in [1.807, 2.05) is 0 Å². The molecule has 0 saturated carbocycles. The fraction of sp³-hybridized carbons (Fsp3) is 0.200. The minimum absolute atomic E-state index is 0.0616. The molecule has 6 nitrogen and oxygen atoms in total. The first-order valence-electron chi connectivity index (χ1n) is 6.39. The van der Waals surface area contributed by atoms with Crippen LogP contribution in [-0.2, 0) is 9.53 Å². The molecule has 0 aliphatic heterocycles. The van der Waals surface area contributed by atoms with Gasteiger partial charge in [0.1, 0.15) is 5.75 Å². The van der Waals surface area contributed by atoms with Gasteiger partial charge >= 0.3 is 5.97 Å². The van der Waals surface area contributed by atoms with Gasteiger partial charge in [-0.3, -0.25) is 9.59 Å². The Morgan fingerprint density at radius 2 is 1.95 bits per heavy atom. The third-order valence-electron chi connectivity index (χ3n) is 3.14. The van der Waals surface area contributed by atoms with E-state index in [1.54, 1.807) is 24.3 Å². The number of nitrogens with one attached hydrogen (secondary N) is 1. The SMILES string of the molecule is COC(=O)CCNC(=O)c1cc(N)c2ccccc2c1O. The van der Waals surface area contributed by atoms with Crippen molar-refractivity contribution in [3.8, 4) is 5.75 Å². The van der Waals surface area contributed by atoms with Crippen molar-refractivity contribution in [3.05, 3.63) is 35.9 Å². The van der Waals surface area contributed by atoms with Gasteiger partial charge in [-0.1, -0.05) is 24.3 Å². The number of hydrogen-bond donors (Lipinski definition) is 3. The number of amides is 1. The summed E-state index contributed by atoms with van der Waals surface area (Å²) in [5.74, 6) is -1.04. The van der Waals surface area contributed by atoms with E-state index in [9.17, 15) is 14.7 Å². The number of aromatic hydroxyl groups is 1. The van der Waals surface area contributed by atoms with E-state index in [2.05, 4.69) is 10.1 Å². The van der Waals surface area contributed by atoms with Crippen molar-refractivity contribution >= 4 is 28.3 Å². The van der Waals surface area contributed by atoms with Crippen molar-refractivity contribution in [2.45, 2.75) is 6.42 Å². The number of methoxy groups -OCH3 is 1. The summed E-state index contributed by atoms with van der Waals surface area (Å²) in [6, 6.07) is 8.43. The molecule has 0 heterocycles. The number of hydrogen-bond acceptors (Lipinski definition) is 5. The van der Waals surface area contributed by atoms with E-state index in [1.165, 1.54) is 13.2 Å². The third kappa shape index (κ3) is 3.05. The normalized spacial score (nSPS) is 10.3. The Balaban J connectivity index is 2.24. The zero-order chi connectivity index (χ0) is 15.4. The summed E-state index contributed by atoms with van der Waals surface area (Å²) in [5, 5.41) is 13.9. The Bertz CT molecular complexity index is 697. The highest BCUT2D eigenvalue weighted by molar-refractivity contribution is 6.07. The first-order valence-corrected chi connectivity index (χ1v) is 6.39. The summed E-state index contributed by atoms with van der Waals surface area (Å²) in [6.45, 7) is 0.123. The van der Waals surface area contributed by atoms with Crippen molar-refractivity contribution in [3.63, 3.8) is 0 Å². The molecule has 0 aromatic heterocycles. The average molecular weight is 288 g/mol. The second kappa shape index (κ2) is 6.13. The van der Waals surface area contributed by atoms with Crippen molar-refractivity contribution in [2.24, 2.45) is 0 Å². The lowest BCUT2D eigenvalue weighted by Crippen LogP contribution is -2.26. The first-order chi connectivity index (χ1) is 10.0. The molecule has 2 aromatic carbocycles. The van der Waals surface area contributed by atoms with E-state index in [0.29, 0.717) is 16.5 Å². The molecule has 0 aliphatic carbocycles. The zero-order valence-corrected chi connectivity index (χ0v) is 11.6. The highest BCUT2D eigenvalue weighted by atomic mass is 16.5. The van der Waals surface area contributed by atoms with E-state index in [4.69, 9.17) is 5.73 Å². The Kier molecular flexibility index (Phi) is 4.27. The number of benzene rings is 2. The molecule has 6 heteroatoms. The summed E-state index contributed by atoms with van der Waals surface area (Å²) < 4.78 is 4.48. The molecule has 2 aromatic rings. The molecule has 110 valence electrons. The molecule has 0 saturated heterocycles. The predicted octanol–water partition coefficient (Wildman–Crippen LogP) is 1.42. The summed E-state index contributed by atoms with van der Waals surface area (Å²) >= 11 is 0. The number of nitrogens with two attached hydrogens (primary N) is 1. The standard InChI is InChI=1S/C15H16N2O4/c1-21-13(18)6-7-17-15(20)11-8-12(16)9-4-2-3-5-10(9)14(11)19/h2-5,8,19H,6-7,16H2,1H3,(H,17,20). The maximum Gasteiger partial charge on any atom is 0.307 e. The Hall–Kier alpha value is -2.76. The van der Waals surface area contributed by atoms with Crippen LogP contribution in [-0.4, -0.2) is 30.6 Å². The lowest BCUT2D eigenvalue weighted by Gasteiger charge is -2.11. The van der Waals surface area contributed by atoms with Gasteiger partial charge in [0.05, 0.1) is 19.1 Å². The van der Waals surface area contributed by atoms with Crippen molar-refractivity contribution < 1.29 is 19.4 Å². The number of phenolic OH excluding ortho intramolecular Hbond substituents is 1. The van der Waals surface area contributed by atoms with E-state index >= 15 is 0 Å². The molecule has 0 aliphatic rings. The minimum atomic E-state index is -0.492.